The highest BCUT2D eigenvalue weighted by atomic mass is 19.1. The van der Waals surface area contributed by atoms with E-state index in [-0.39, 0.29) is 11.7 Å². The van der Waals surface area contributed by atoms with E-state index in [4.69, 9.17) is 10.5 Å². The van der Waals surface area contributed by atoms with Crippen LogP contribution in [0.4, 0.5) is 16.0 Å². The van der Waals surface area contributed by atoms with Gasteiger partial charge in [0.1, 0.15) is 0 Å². The smallest absolute Gasteiger partial charge is 0.223 e. The lowest BCUT2D eigenvalue weighted by Gasteiger charge is -2.36. The molecule has 1 aliphatic rings. The van der Waals surface area contributed by atoms with Gasteiger partial charge in [0.05, 0.1) is 36.7 Å². The average molecular weight is 469 g/mol. The van der Waals surface area contributed by atoms with Crippen molar-refractivity contribution in [3.63, 3.8) is 0 Å². The highest BCUT2D eigenvalue weighted by molar-refractivity contribution is 5.93. The van der Waals surface area contributed by atoms with Crippen LogP contribution in [0.25, 0.3) is 16.6 Å². The molecular weight excluding hydrogens is 439 g/mol. The van der Waals surface area contributed by atoms with Gasteiger partial charge in [-0.05, 0) is 38.2 Å². The second-order valence-corrected chi connectivity index (χ2v) is 9.09. The summed E-state index contributed by atoms with van der Waals surface area (Å²) in [5.74, 6) is 0.456. The van der Waals surface area contributed by atoms with Crippen molar-refractivity contribution in [3.8, 4) is 5.75 Å². The lowest BCUT2D eigenvalue weighted by atomic mass is 9.80. The number of aliphatic hydroxyl groups is 1. The van der Waals surface area contributed by atoms with Crippen LogP contribution in [-0.2, 0) is 13.0 Å². The average Bonchev–Trinajstić information content (AvgIpc) is 3.43. The molecule has 11 heteroatoms. The molecule has 1 aromatic carbocycles. The molecule has 3 N–H and O–H groups in total. The lowest BCUT2D eigenvalue weighted by molar-refractivity contribution is -0.0498. The van der Waals surface area contributed by atoms with Crippen LogP contribution in [0.15, 0.2) is 24.5 Å². The number of aryl methyl sites for hydroxylation is 1. The number of fused-ring (bicyclic) bond motifs is 3. The zero-order chi connectivity index (χ0) is 23.9. The molecule has 3 heterocycles. The molecule has 0 amide bonds. The van der Waals surface area contributed by atoms with E-state index in [0.29, 0.717) is 35.3 Å². The number of nitrogen functional groups attached to an aromatic ring is 1. The molecule has 0 saturated heterocycles. The third-order valence-electron chi connectivity index (χ3n) is 6.56. The van der Waals surface area contributed by atoms with Crippen LogP contribution in [0.3, 0.4) is 0 Å². The van der Waals surface area contributed by atoms with Gasteiger partial charge in [0.15, 0.2) is 23.0 Å². The summed E-state index contributed by atoms with van der Waals surface area (Å²) in [6.07, 6.45) is 9.06. The number of unbranched alkanes of at least 4 members (excludes halogenated alkanes) is 1. The number of halogens is 1. The van der Waals surface area contributed by atoms with Crippen molar-refractivity contribution in [2.24, 2.45) is 0 Å². The predicted molar refractivity (Wildman–Crippen MR) is 126 cm³/mol. The topological polar surface area (TPSA) is 120 Å². The van der Waals surface area contributed by atoms with Gasteiger partial charge >= 0.3 is 0 Å². The predicted octanol–water partition coefficient (Wildman–Crippen LogP) is 2.58. The van der Waals surface area contributed by atoms with Crippen LogP contribution in [-0.4, -0.2) is 60.8 Å². The van der Waals surface area contributed by atoms with Gasteiger partial charge in [-0.25, -0.2) is 14.4 Å². The summed E-state index contributed by atoms with van der Waals surface area (Å²) in [6, 6.07) is 2.87. The Morgan fingerprint density at radius 3 is 2.82 bits per heavy atom. The molecule has 0 aliphatic heterocycles. The summed E-state index contributed by atoms with van der Waals surface area (Å²) in [5, 5.41) is 19.7. The summed E-state index contributed by atoms with van der Waals surface area (Å²) in [7, 11) is 3.44. The number of nitrogens with zero attached hydrogens (tertiary/aromatic N) is 7. The molecule has 180 valence electrons. The Morgan fingerprint density at radius 2 is 2.09 bits per heavy atom. The van der Waals surface area contributed by atoms with Crippen molar-refractivity contribution >= 4 is 28.2 Å². The number of rotatable bonds is 9. The van der Waals surface area contributed by atoms with Crippen LogP contribution in [0.2, 0.25) is 0 Å². The summed E-state index contributed by atoms with van der Waals surface area (Å²) in [4.78, 5) is 11.1. The van der Waals surface area contributed by atoms with E-state index >= 15 is 0 Å². The summed E-state index contributed by atoms with van der Waals surface area (Å²) < 4.78 is 22.6. The van der Waals surface area contributed by atoms with Crippen molar-refractivity contribution in [2.75, 3.05) is 31.3 Å². The molecule has 0 spiro atoms. The van der Waals surface area contributed by atoms with E-state index in [2.05, 4.69) is 25.1 Å². The normalized spacial score (nSPS) is 15.1. The van der Waals surface area contributed by atoms with E-state index < -0.39 is 11.4 Å². The van der Waals surface area contributed by atoms with Crippen molar-refractivity contribution < 1.29 is 14.2 Å². The third-order valence-corrected chi connectivity index (χ3v) is 6.56. The molecule has 5 rings (SSSR count). The fourth-order valence-corrected chi connectivity index (χ4v) is 4.38. The molecule has 1 aliphatic carbocycles. The first-order valence-corrected chi connectivity index (χ1v) is 11.5. The van der Waals surface area contributed by atoms with E-state index in [1.807, 2.05) is 24.1 Å². The minimum atomic E-state index is -0.592. The van der Waals surface area contributed by atoms with Gasteiger partial charge in [-0.15, -0.1) is 5.10 Å². The van der Waals surface area contributed by atoms with Gasteiger partial charge in [0.25, 0.3) is 0 Å². The van der Waals surface area contributed by atoms with Crippen molar-refractivity contribution in [1.29, 1.82) is 0 Å². The second kappa shape index (κ2) is 8.71. The number of hydrogen-bond acceptors (Lipinski definition) is 8. The van der Waals surface area contributed by atoms with Crippen LogP contribution in [0.1, 0.15) is 37.9 Å². The molecular formula is C23H29FN8O2. The summed E-state index contributed by atoms with van der Waals surface area (Å²) >= 11 is 0. The second-order valence-electron chi connectivity index (χ2n) is 9.09. The Morgan fingerprint density at radius 1 is 1.26 bits per heavy atom. The summed E-state index contributed by atoms with van der Waals surface area (Å²) in [5.41, 5.74) is 7.49. The Kier molecular flexibility index (Phi) is 5.72. The minimum Gasteiger partial charge on any atom is -0.494 e. The molecule has 0 atom stereocenters. The van der Waals surface area contributed by atoms with E-state index in [0.717, 1.165) is 44.3 Å². The Hall–Kier alpha value is -3.47. The molecule has 0 unspecified atom stereocenters. The number of hydrogen-bond donors (Lipinski definition) is 2. The fourth-order valence-electron chi connectivity index (χ4n) is 4.38. The van der Waals surface area contributed by atoms with Crippen LogP contribution < -0.4 is 15.4 Å². The molecule has 3 aromatic heterocycles. The van der Waals surface area contributed by atoms with Crippen molar-refractivity contribution in [2.45, 2.75) is 50.7 Å². The molecule has 10 nitrogen and oxygen atoms in total. The first-order valence-electron chi connectivity index (χ1n) is 11.5. The Labute approximate surface area is 196 Å². The zero-order valence-electron chi connectivity index (χ0n) is 19.4. The Balaban J connectivity index is 1.21. The largest absolute Gasteiger partial charge is 0.494 e. The molecule has 34 heavy (non-hydrogen) atoms. The molecule has 0 radical (unpaired) electrons. The molecule has 1 saturated carbocycles. The van der Waals surface area contributed by atoms with E-state index in [9.17, 15) is 9.50 Å². The van der Waals surface area contributed by atoms with Gasteiger partial charge in [-0.3, -0.25) is 4.68 Å². The van der Waals surface area contributed by atoms with Gasteiger partial charge in [0.2, 0.25) is 5.95 Å². The van der Waals surface area contributed by atoms with Crippen LogP contribution in [0.5, 0.6) is 5.75 Å². The molecule has 4 aromatic rings. The quantitative estimate of drug-likeness (QED) is 0.360. The summed E-state index contributed by atoms with van der Waals surface area (Å²) in [6.45, 7) is 1.39. The highest BCUT2D eigenvalue weighted by Crippen LogP contribution is 2.33. The number of methoxy groups -OCH3 is 1. The first-order chi connectivity index (χ1) is 16.3. The number of nitrogens with two attached hydrogens (primary N) is 1. The van der Waals surface area contributed by atoms with Gasteiger partial charge in [-0.1, -0.05) is 0 Å². The number of anilines is 2. The third kappa shape index (κ3) is 4.23. The molecule has 0 bridgehead atoms. The fraction of sp³-hybridized carbons (Fsp3) is 0.478. The lowest BCUT2D eigenvalue weighted by Crippen LogP contribution is -2.41. The first kappa shape index (κ1) is 22.3. The Bertz CT molecular complexity index is 1330. The van der Waals surface area contributed by atoms with E-state index in [1.165, 1.54) is 23.8 Å². The number of benzene rings is 1. The zero-order valence-corrected chi connectivity index (χ0v) is 19.4. The number of aromatic nitrogens is 6. The molecule has 1 fully saturated rings. The SMILES string of the molecule is COc1cc2nc(N)n3nc(CCCCN(C)c4cnn(CC5(O)CCC5)c4)nc3c2cc1F. The van der Waals surface area contributed by atoms with Crippen LogP contribution >= 0.6 is 0 Å². The maximum absolute atomic E-state index is 14.3. The van der Waals surface area contributed by atoms with E-state index in [1.54, 1.807) is 0 Å². The maximum atomic E-state index is 14.3. The van der Waals surface area contributed by atoms with Gasteiger partial charge < -0.3 is 20.5 Å². The standard InChI is InChI=1S/C23H29FN8O2/c1-30(15-12-26-31(13-15)14-23(33)7-5-8-23)9-4-3-6-20-28-21-16-10-17(24)19(34-2)11-18(16)27-22(25)32(21)29-20/h10-13,33H,3-9,14H2,1-2H3,(H2,25,27). The highest BCUT2D eigenvalue weighted by Gasteiger charge is 2.35. The minimum absolute atomic E-state index is 0.108. The van der Waals surface area contributed by atoms with Crippen LogP contribution in [0, 0.1) is 5.82 Å². The monoisotopic (exact) mass is 468 g/mol. The maximum Gasteiger partial charge on any atom is 0.223 e. The number of ether oxygens (including phenoxy) is 1. The van der Waals surface area contributed by atoms with Crippen molar-refractivity contribution in [3.05, 3.63) is 36.2 Å². The van der Waals surface area contributed by atoms with Gasteiger partial charge in [-0.2, -0.15) is 9.61 Å². The van der Waals surface area contributed by atoms with Crippen molar-refractivity contribution in [1.82, 2.24) is 29.4 Å². The van der Waals surface area contributed by atoms with Gasteiger partial charge in [0, 0.05) is 37.7 Å².